The zero-order valence-electron chi connectivity index (χ0n) is 9.59. The second-order valence-electron chi connectivity index (χ2n) is 4.08. The van der Waals surface area contributed by atoms with Crippen LogP contribution in [0.15, 0.2) is 24.3 Å². The van der Waals surface area contributed by atoms with Gasteiger partial charge in [-0.2, -0.15) is 0 Å². The number of halogens is 1. The molecule has 0 aliphatic heterocycles. The average Bonchev–Trinajstić information content (AvgIpc) is 2.31. The van der Waals surface area contributed by atoms with Crippen molar-refractivity contribution in [3.8, 4) is 0 Å². The topological polar surface area (TPSA) is 55.1 Å². The molecular weight excluding hydrogens is 315 g/mol. The molecule has 0 aliphatic rings. The lowest BCUT2D eigenvalue weighted by Gasteiger charge is -2.24. The van der Waals surface area contributed by atoms with Gasteiger partial charge in [-0.15, -0.1) is 0 Å². The average molecular weight is 332 g/mol. The fraction of sp³-hybridized carbons (Fsp3) is 0.417. The number of carbonyl (C=O) groups is 1. The Hall–Kier alpha value is -0.620. The van der Waals surface area contributed by atoms with Crippen molar-refractivity contribution in [3.05, 3.63) is 27.8 Å². The Morgan fingerprint density at radius 3 is 2.44 bits per heavy atom. The highest BCUT2D eigenvalue weighted by Crippen LogP contribution is 2.22. The quantitative estimate of drug-likeness (QED) is 0.833. The third-order valence-corrected chi connectivity index (χ3v) is 3.60. The number of rotatable bonds is 4. The molecule has 0 aromatic heterocycles. The van der Waals surface area contributed by atoms with E-state index in [-0.39, 0.29) is 5.91 Å². The Morgan fingerprint density at radius 1 is 1.44 bits per heavy atom. The lowest BCUT2D eigenvalue weighted by molar-refractivity contribution is -0.124. The SMILES string of the molecule is CCC(C)(CN)C(=O)Nc1ccc(I)cc1. The van der Waals surface area contributed by atoms with Crippen molar-refractivity contribution in [2.45, 2.75) is 20.3 Å². The standard InChI is InChI=1S/C12H17IN2O/c1-3-12(2,8-14)11(16)15-10-6-4-9(13)5-7-10/h4-7H,3,8,14H2,1-2H3,(H,15,16). The molecule has 4 heteroatoms. The number of anilines is 1. The molecule has 0 bridgehead atoms. The molecule has 0 saturated carbocycles. The molecule has 0 radical (unpaired) electrons. The van der Waals surface area contributed by atoms with Gasteiger partial charge in [0.2, 0.25) is 5.91 Å². The van der Waals surface area contributed by atoms with Crippen LogP contribution in [0.4, 0.5) is 5.69 Å². The van der Waals surface area contributed by atoms with Gasteiger partial charge in [-0.3, -0.25) is 4.79 Å². The molecule has 0 aliphatic carbocycles. The smallest absolute Gasteiger partial charge is 0.231 e. The fourth-order valence-electron chi connectivity index (χ4n) is 1.21. The number of nitrogens with two attached hydrogens (primary N) is 1. The zero-order valence-corrected chi connectivity index (χ0v) is 11.7. The summed E-state index contributed by atoms with van der Waals surface area (Å²) >= 11 is 2.23. The number of nitrogens with one attached hydrogen (secondary N) is 1. The van der Waals surface area contributed by atoms with Crippen molar-refractivity contribution in [3.63, 3.8) is 0 Å². The molecule has 1 aromatic carbocycles. The first-order valence-electron chi connectivity index (χ1n) is 5.29. The van der Waals surface area contributed by atoms with Crippen molar-refractivity contribution in [2.24, 2.45) is 11.1 Å². The molecule has 1 atom stereocenters. The van der Waals surface area contributed by atoms with Crippen molar-refractivity contribution < 1.29 is 4.79 Å². The molecule has 88 valence electrons. The molecule has 16 heavy (non-hydrogen) atoms. The van der Waals surface area contributed by atoms with Gasteiger partial charge in [0.05, 0.1) is 5.41 Å². The molecule has 0 spiro atoms. The van der Waals surface area contributed by atoms with E-state index >= 15 is 0 Å². The van der Waals surface area contributed by atoms with Crippen molar-refractivity contribution >= 4 is 34.2 Å². The van der Waals surface area contributed by atoms with Crippen molar-refractivity contribution in [2.75, 3.05) is 11.9 Å². The Balaban J connectivity index is 2.74. The van der Waals surface area contributed by atoms with Gasteiger partial charge in [-0.1, -0.05) is 6.92 Å². The largest absolute Gasteiger partial charge is 0.329 e. The Labute approximate surface area is 110 Å². The molecule has 0 fully saturated rings. The van der Waals surface area contributed by atoms with Crippen LogP contribution in [0.1, 0.15) is 20.3 Å². The van der Waals surface area contributed by atoms with Crippen LogP contribution in [0.5, 0.6) is 0 Å². The first kappa shape index (κ1) is 13.4. The normalized spacial score (nSPS) is 14.2. The van der Waals surface area contributed by atoms with Gasteiger partial charge in [-0.05, 0) is 60.2 Å². The van der Waals surface area contributed by atoms with E-state index in [1.807, 2.05) is 38.1 Å². The van der Waals surface area contributed by atoms with E-state index in [0.717, 1.165) is 15.7 Å². The maximum atomic E-state index is 12.0. The van der Waals surface area contributed by atoms with E-state index in [1.54, 1.807) is 0 Å². The van der Waals surface area contributed by atoms with Crippen molar-refractivity contribution in [1.82, 2.24) is 0 Å². The Morgan fingerprint density at radius 2 is 2.00 bits per heavy atom. The third-order valence-electron chi connectivity index (χ3n) is 2.88. The minimum atomic E-state index is -0.483. The number of amides is 1. The van der Waals surface area contributed by atoms with Crippen LogP contribution in [0.3, 0.4) is 0 Å². The van der Waals surface area contributed by atoms with Gasteiger partial charge in [0, 0.05) is 15.8 Å². The summed E-state index contributed by atoms with van der Waals surface area (Å²) in [5, 5.41) is 2.89. The lowest BCUT2D eigenvalue weighted by Crippen LogP contribution is -2.39. The highest BCUT2D eigenvalue weighted by molar-refractivity contribution is 14.1. The van der Waals surface area contributed by atoms with Crippen LogP contribution in [-0.4, -0.2) is 12.5 Å². The summed E-state index contributed by atoms with van der Waals surface area (Å²) in [5.41, 5.74) is 5.97. The molecule has 3 nitrogen and oxygen atoms in total. The number of hydrogen-bond acceptors (Lipinski definition) is 2. The zero-order chi connectivity index (χ0) is 12.2. The van der Waals surface area contributed by atoms with Gasteiger partial charge in [0.25, 0.3) is 0 Å². The van der Waals surface area contributed by atoms with Crippen LogP contribution in [0.25, 0.3) is 0 Å². The summed E-state index contributed by atoms with van der Waals surface area (Å²) in [6.45, 7) is 4.22. The minimum Gasteiger partial charge on any atom is -0.329 e. The minimum absolute atomic E-state index is 0.0151. The van der Waals surface area contributed by atoms with Crippen LogP contribution < -0.4 is 11.1 Å². The Kier molecular flexibility index (Phi) is 4.73. The van der Waals surface area contributed by atoms with Gasteiger partial charge in [0.15, 0.2) is 0 Å². The molecule has 1 rings (SSSR count). The van der Waals surface area contributed by atoms with Gasteiger partial charge < -0.3 is 11.1 Å². The summed E-state index contributed by atoms with van der Waals surface area (Å²) < 4.78 is 1.15. The molecule has 1 amide bonds. The van der Waals surface area contributed by atoms with Crippen LogP contribution in [0.2, 0.25) is 0 Å². The van der Waals surface area contributed by atoms with E-state index in [0.29, 0.717) is 6.54 Å². The van der Waals surface area contributed by atoms with E-state index in [9.17, 15) is 4.79 Å². The lowest BCUT2D eigenvalue weighted by atomic mass is 9.86. The van der Waals surface area contributed by atoms with E-state index in [1.165, 1.54) is 0 Å². The summed E-state index contributed by atoms with van der Waals surface area (Å²) in [6.07, 6.45) is 0.736. The number of benzene rings is 1. The molecule has 1 unspecified atom stereocenters. The first-order chi connectivity index (χ1) is 7.51. The summed E-state index contributed by atoms with van der Waals surface area (Å²) in [6, 6.07) is 7.71. The Bertz CT molecular complexity index is 358. The maximum absolute atomic E-state index is 12.0. The predicted octanol–water partition coefficient (Wildman–Crippen LogP) is 2.60. The number of carbonyl (C=O) groups excluding carboxylic acids is 1. The second kappa shape index (κ2) is 5.63. The number of hydrogen-bond donors (Lipinski definition) is 2. The van der Waals surface area contributed by atoms with Gasteiger partial charge in [-0.25, -0.2) is 0 Å². The van der Waals surface area contributed by atoms with Gasteiger partial charge in [0.1, 0.15) is 0 Å². The van der Waals surface area contributed by atoms with E-state index in [4.69, 9.17) is 5.73 Å². The monoisotopic (exact) mass is 332 g/mol. The maximum Gasteiger partial charge on any atom is 0.231 e. The second-order valence-corrected chi connectivity index (χ2v) is 5.32. The first-order valence-corrected chi connectivity index (χ1v) is 6.37. The van der Waals surface area contributed by atoms with Crippen LogP contribution in [-0.2, 0) is 4.79 Å². The molecule has 3 N–H and O–H groups in total. The fourth-order valence-corrected chi connectivity index (χ4v) is 1.57. The van der Waals surface area contributed by atoms with Crippen molar-refractivity contribution in [1.29, 1.82) is 0 Å². The van der Waals surface area contributed by atoms with Crippen LogP contribution >= 0.6 is 22.6 Å². The molecule has 0 saturated heterocycles. The predicted molar refractivity (Wildman–Crippen MR) is 75.2 cm³/mol. The highest BCUT2D eigenvalue weighted by Gasteiger charge is 2.29. The third kappa shape index (κ3) is 3.18. The van der Waals surface area contributed by atoms with E-state index in [2.05, 4.69) is 27.9 Å². The molecular formula is C12H17IN2O. The summed E-state index contributed by atoms with van der Waals surface area (Å²) in [7, 11) is 0. The van der Waals surface area contributed by atoms with Crippen LogP contribution in [0, 0.1) is 8.99 Å². The summed E-state index contributed by atoms with van der Waals surface area (Å²) in [4.78, 5) is 12.0. The molecule has 0 heterocycles. The van der Waals surface area contributed by atoms with E-state index < -0.39 is 5.41 Å². The highest BCUT2D eigenvalue weighted by atomic mass is 127. The molecule has 1 aromatic rings. The van der Waals surface area contributed by atoms with Gasteiger partial charge >= 0.3 is 0 Å². The summed E-state index contributed by atoms with van der Waals surface area (Å²) in [5.74, 6) is -0.0151.